The Morgan fingerprint density at radius 1 is 1.32 bits per heavy atom. The van der Waals surface area contributed by atoms with Crippen LogP contribution in [0, 0.1) is 5.41 Å². The van der Waals surface area contributed by atoms with Gasteiger partial charge in [0.15, 0.2) is 0 Å². The van der Waals surface area contributed by atoms with Crippen molar-refractivity contribution < 1.29 is 0 Å². The molecule has 100 valence electrons. The van der Waals surface area contributed by atoms with Crippen molar-refractivity contribution in [1.29, 1.82) is 0 Å². The molecule has 3 nitrogen and oxygen atoms in total. The van der Waals surface area contributed by atoms with Gasteiger partial charge in [-0.05, 0) is 36.8 Å². The number of nitrogens with zero attached hydrogens (tertiary/aromatic N) is 1. The minimum atomic E-state index is -0.0102. The molecule has 3 heteroatoms. The van der Waals surface area contributed by atoms with E-state index in [1.807, 2.05) is 24.3 Å². The second kappa shape index (κ2) is 4.48. The molecule has 0 spiro atoms. The zero-order chi connectivity index (χ0) is 13.5. The van der Waals surface area contributed by atoms with Crippen LogP contribution in [-0.2, 0) is 0 Å². The topological polar surface area (TPSA) is 45.8 Å². The summed E-state index contributed by atoms with van der Waals surface area (Å²) in [5.41, 5.74) is 1.15. The monoisotopic (exact) mass is 256 g/mol. The highest BCUT2D eigenvalue weighted by Crippen LogP contribution is 2.42. The van der Waals surface area contributed by atoms with Gasteiger partial charge in [0, 0.05) is 5.92 Å². The van der Waals surface area contributed by atoms with Crippen molar-refractivity contribution in [3.8, 4) is 0 Å². The van der Waals surface area contributed by atoms with Crippen molar-refractivity contribution in [2.75, 3.05) is 0 Å². The molecule has 1 aromatic heterocycles. The third-order valence-electron chi connectivity index (χ3n) is 4.22. The summed E-state index contributed by atoms with van der Waals surface area (Å²) in [7, 11) is 0. The standard InChI is InChI=1S/C16H20N2O/c1-16(2)9-5-6-11(10-16)14-17-13-8-4-3-7-12(13)15(19)18-14/h3-4,7-8,11H,5-6,9-10H2,1-2H3,(H,17,18,19). The van der Waals surface area contributed by atoms with Gasteiger partial charge >= 0.3 is 0 Å². The normalized spacial score (nSPS) is 22.5. The van der Waals surface area contributed by atoms with Crippen molar-refractivity contribution >= 4 is 10.9 Å². The first-order valence-corrected chi connectivity index (χ1v) is 7.04. The van der Waals surface area contributed by atoms with Gasteiger partial charge in [0.05, 0.1) is 10.9 Å². The van der Waals surface area contributed by atoms with E-state index in [2.05, 4.69) is 23.8 Å². The van der Waals surface area contributed by atoms with Crippen LogP contribution in [0.4, 0.5) is 0 Å². The van der Waals surface area contributed by atoms with Crippen molar-refractivity contribution in [3.05, 3.63) is 40.4 Å². The first kappa shape index (κ1) is 12.4. The molecule has 1 unspecified atom stereocenters. The van der Waals surface area contributed by atoms with Crippen LogP contribution in [0.15, 0.2) is 29.1 Å². The molecule has 1 saturated carbocycles. The summed E-state index contributed by atoms with van der Waals surface area (Å²) in [5.74, 6) is 1.26. The summed E-state index contributed by atoms with van der Waals surface area (Å²) in [4.78, 5) is 19.8. The zero-order valence-corrected chi connectivity index (χ0v) is 11.6. The van der Waals surface area contributed by atoms with Crippen LogP contribution in [0.1, 0.15) is 51.3 Å². The van der Waals surface area contributed by atoms with E-state index in [4.69, 9.17) is 0 Å². The Bertz CT molecular complexity index is 657. The van der Waals surface area contributed by atoms with Gasteiger partial charge in [0.1, 0.15) is 5.82 Å². The third kappa shape index (κ3) is 2.42. The SMILES string of the molecule is CC1(C)CCCC(c2nc3ccccc3c(=O)[nH]2)C1. The minimum Gasteiger partial charge on any atom is -0.310 e. The van der Waals surface area contributed by atoms with E-state index in [0.29, 0.717) is 16.7 Å². The Balaban J connectivity index is 2.03. The Hall–Kier alpha value is -1.64. The molecular formula is C16H20N2O. The number of nitrogens with one attached hydrogen (secondary N) is 1. The summed E-state index contributed by atoms with van der Waals surface area (Å²) in [6.45, 7) is 4.61. The van der Waals surface area contributed by atoms with E-state index < -0.39 is 0 Å². The smallest absolute Gasteiger partial charge is 0.258 e. The fourth-order valence-corrected chi connectivity index (χ4v) is 3.23. The Labute approximate surface area is 113 Å². The number of aromatic amines is 1. The number of hydrogen-bond acceptors (Lipinski definition) is 2. The van der Waals surface area contributed by atoms with Crippen LogP contribution in [0.25, 0.3) is 10.9 Å². The van der Waals surface area contributed by atoms with Crippen LogP contribution in [0.3, 0.4) is 0 Å². The molecule has 3 rings (SSSR count). The molecule has 0 saturated heterocycles. The van der Waals surface area contributed by atoms with E-state index in [9.17, 15) is 4.79 Å². The lowest BCUT2D eigenvalue weighted by Crippen LogP contribution is -2.24. The predicted octanol–water partition coefficient (Wildman–Crippen LogP) is 3.61. The molecule has 1 atom stereocenters. The first-order valence-electron chi connectivity index (χ1n) is 7.04. The number of para-hydroxylation sites is 1. The van der Waals surface area contributed by atoms with Crippen molar-refractivity contribution in [2.45, 2.75) is 45.4 Å². The van der Waals surface area contributed by atoms with Gasteiger partial charge in [-0.15, -0.1) is 0 Å². The van der Waals surface area contributed by atoms with E-state index >= 15 is 0 Å². The number of fused-ring (bicyclic) bond motifs is 1. The van der Waals surface area contributed by atoms with Gasteiger partial charge in [-0.3, -0.25) is 4.79 Å². The number of rotatable bonds is 1. The minimum absolute atomic E-state index is 0.0102. The van der Waals surface area contributed by atoms with Crippen molar-refractivity contribution in [2.24, 2.45) is 5.41 Å². The fraction of sp³-hybridized carbons (Fsp3) is 0.500. The molecular weight excluding hydrogens is 236 g/mol. The summed E-state index contributed by atoms with van der Waals surface area (Å²) in [5, 5.41) is 0.682. The third-order valence-corrected chi connectivity index (χ3v) is 4.22. The molecule has 1 N–H and O–H groups in total. The summed E-state index contributed by atoms with van der Waals surface area (Å²) >= 11 is 0. The maximum absolute atomic E-state index is 12.1. The Morgan fingerprint density at radius 2 is 2.11 bits per heavy atom. The molecule has 1 aliphatic rings. The molecule has 1 heterocycles. The van der Waals surface area contributed by atoms with Crippen molar-refractivity contribution in [1.82, 2.24) is 9.97 Å². The molecule has 0 bridgehead atoms. The van der Waals surface area contributed by atoms with E-state index in [0.717, 1.165) is 24.2 Å². The van der Waals surface area contributed by atoms with Crippen LogP contribution < -0.4 is 5.56 Å². The second-order valence-corrected chi connectivity index (χ2v) is 6.43. The molecule has 0 radical (unpaired) electrons. The molecule has 1 fully saturated rings. The lowest BCUT2D eigenvalue weighted by atomic mass is 9.72. The summed E-state index contributed by atoms with van der Waals surface area (Å²) in [6.07, 6.45) is 4.72. The molecule has 0 amide bonds. The quantitative estimate of drug-likeness (QED) is 0.847. The highest BCUT2D eigenvalue weighted by Gasteiger charge is 2.30. The van der Waals surface area contributed by atoms with Crippen molar-refractivity contribution in [3.63, 3.8) is 0 Å². The Morgan fingerprint density at radius 3 is 2.89 bits per heavy atom. The highest BCUT2D eigenvalue weighted by atomic mass is 16.1. The van der Waals surface area contributed by atoms with Gasteiger partial charge in [-0.25, -0.2) is 4.98 Å². The molecule has 1 aliphatic carbocycles. The van der Waals surface area contributed by atoms with Gasteiger partial charge in [-0.1, -0.05) is 32.4 Å². The van der Waals surface area contributed by atoms with Crippen LogP contribution in [0.5, 0.6) is 0 Å². The van der Waals surface area contributed by atoms with Crippen LogP contribution >= 0.6 is 0 Å². The Kier molecular flexibility index (Phi) is 2.92. The number of aromatic nitrogens is 2. The first-order chi connectivity index (χ1) is 9.05. The maximum atomic E-state index is 12.1. The van der Waals surface area contributed by atoms with Crippen LogP contribution in [0.2, 0.25) is 0 Å². The number of benzene rings is 1. The molecule has 2 aromatic rings. The zero-order valence-electron chi connectivity index (χ0n) is 11.6. The number of H-pyrrole nitrogens is 1. The largest absolute Gasteiger partial charge is 0.310 e. The lowest BCUT2D eigenvalue weighted by Gasteiger charge is -2.34. The average Bonchev–Trinajstić information content (AvgIpc) is 2.37. The molecule has 19 heavy (non-hydrogen) atoms. The van der Waals surface area contributed by atoms with Gasteiger partial charge in [0.2, 0.25) is 0 Å². The highest BCUT2D eigenvalue weighted by molar-refractivity contribution is 5.77. The fourth-order valence-electron chi connectivity index (χ4n) is 3.23. The van der Waals surface area contributed by atoms with E-state index in [-0.39, 0.29) is 5.56 Å². The average molecular weight is 256 g/mol. The van der Waals surface area contributed by atoms with E-state index in [1.54, 1.807) is 0 Å². The lowest BCUT2D eigenvalue weighted by molar-refractivity contribution is 0.215. The van der Waals surface area contributed by atoms with Gasteiger partial charge in [-0.2, -0.15) is 0 Å². The van der Waals surface area contributed by atoms with E-state index in [1.165, 1.54) is 12.8 Å². The van der Waals surface area contributed by atoms with Gasteiger partial charge < -0.3 is 4.98 Å². The second-order valence-electron chi connectivity index (χ2n) is 6.43. The molecule has 0 aliphatic heterocycles. The molecule has 1 aromatic carbocycles. The predicted molar refractivity (Wildman–Crippen MR) is 77.4 cm³/mol. The maximum Gasteiger partial charge on any atom is 0.258 e. The number of hydrogen-bond donors (Lipinski definition) is 1. The summed E-state index contributed by atoms with van der Waals surface area (Å²) in [6, 6.07) is 7.56. The van der Waals surface area contributed by atoms with Crippen LogP contribution in [-0.4, -0.2) is 9.97 Å². The van der Waals surface area contributed by atoms with Gasteiger partial charge in [0.25, 0.3) is 5.56 Å². The summed E-state index contributed by atoms with van der Waals surface area (Å²) < 4.78 is 0.